The van der Waals surface area contributed by atoms with E-state index in [9.17, 15) is 18.3 Å². The molecule has 0 unspecified atom stereocenters. The molecule has 1 N–H and O–H groups in total. The number of carboxylic acid groups (broad SMARTS) is 1. The van der Waals surface area contributed by atoms with Crippen molar-refractivity contribution in [3.05, 3.63) is 65.2 Å². The molecular weight excluding hydrogens is 386 g/mol. The summed E-state index contributed by atoms with van der Waals surface area (Å²) in [5, 5.41) is 9.22. The first-order valence-electron chi connectivity index (χ1n) is 10.1. The Morgan fingerprint density at radius 3 is 1.97 bits per heavy atom. The molecule has 156 valence electrons. The van der Waals surface area contributed by atoms with Gasteiger partial charge in [0.05, 0.1) is 10.8 Å². The lowest BCUT2D eigenvalue weighted by Gasteiger charge is -2.31. The van der Waals surface area contributed by atoms with Gasteiger partial charge in [0.15, 0.2) is 0 Å². The van der Waals surface area contributed by atoms with Crippen LogP contribution in [0.2, 0.25) is 0 Å². The van der Waals surface area contributed by atoms with Gasteiger partial charge in [-0.25, -0.2) is 8.42 Å². The lowest BCUT2D eigenvalue weighted by atomic mass is 9.82. The molecule has 1 aliphatic carbocycles. The van der Waals surface area contributed by atoms with E-state index in [0.29, 0.717) is 30.8 Å². The molecule has 1 aliphatic rings. The summed E-state index contributed by atoms with van der Waals surface area (Å²) in [4.78, 5) is 11.5. The minimum Gasteiger partial charge on any atom is -0.481 e. The van der Waals surface area contributed by atoms with Crippen LogP contribution in [0.15, 0.2) is 53.4 Å². The number of carboxylic acids is 1. The molecule has 2 aromatic carbocycles. The van der Waals surface area contributed by atoms with E-state index in [0.717, 1.165) is 29.5 Å². The maximum absolute atomic E-state index is 13.4. The van der Waals surface area contributed by atoms with Gasteiger partial charge in [-0.3, -0.25) is 4.79 Å². The maximum atomic E-state index is 13.4. The van der Waals surface area contributed by atoms with Crippen LogP contribution < -0.4 is 0 Å². The van der Waals surface area contributed by atoms with Gasteiger partial charge >= 0.3 is 5.97 Å². The van der Waals surface area contributed by atoms with Crippen LogP contribution in [0, 0.1) is 25.7 Å². The van der Waals surface area contributed by atoms with Crippen molar-refractivity contribution in [2.24, 2.45) is 11.8 Å². The van der Waals surface area contributed by atoms with E-state index < -0.39 is 16.0 Å². The third kappa shape index (κ3) is 5.46. The summed E-state index contributed by atoms with van der Waals surface area (Å²) in [5.41, 5.74) is 3.10. The zero-order chi connectivity index (χ0) is 21.0. The molecule has 3 rings (SSSR count). The summed E-state index contributed by atoms with van der Waals surface area (Å²) in [7, 11) is -3.64. The predicted molar refractivity (Wildman–Crippen MR) is 113 cm³/mol. The van der Waals surface area contributed by atoms with Gasteiger partial charge in [-0.05, 0) is 63.1 Å². The molecule has 0 heterocycles. The number of benzene rings is 2. The average molecular weight is 416 g/mol. The monoisotopic (exact) mass is 415 g/mol. The highest BCUT2D eigenvalue weighted by Gasteiger charge is 2.31. The SMILES string of the molecule is Cc1ccc(CN(CC2CCC(C(=O)O)CC2)S(=O)(=O)c2ccc(C)cc2)cc1. The molecule has 0 amide bonds. The molecule has 0 atom stereocenters. The summed E-state index contributed by atoms with van der Waals surface area (Å²) in [6.45, 7) is 4.67. The van der Waals surface area contributed by atoms with Gasteiger partial charge in [0, 0.05) is 13.1 Å². The number of rotatable bonds is 7. The topological polar surface area (TPSA) is 74.7 Å². The summed E-state index contributed by atoms with van der Waals surface area (Å²) in [6, 6.07) is 14.9. The molecule has 1 saturated carbocycles. The minimum atomic E-state index is -3.64. The van der Waals surface area contributed by atoms with E-state index >= 15 is 0 Å². The Hall–Kier alpha value is -2.18. The second-order valence-electron chi connectivity index (χ2n) is 8.15. The van der Waals surface area contributed by atoms with E-state index in [1.807, 2.05) is 50.2 Å². The summed E-state index contributed by atoms with van der Waals surface area (Å²) in [6.07, 6.45) is 2.71. The summed E-state index contributed by atoms with van der Waals surface area (Å²) in [5.74, 6) is -0.867. The molecule has 29 heavy (non-hydrogen) atoms. The Morgan fingerprint density at radius 1 is 0.931 bits per heavy atom. The van der Waals surface area contributed by atoms with E-state index in [2.05, 4.69) is 0 Å². The van der Waals surface area contributed by atoms with Crippen LogP contribution in [0.25, 0.3) is 0 Å². The zero-order valence-electron chi connectivity index (χ0n) is 17.0. The van der Waals surface area contributed by atoms with Crippen molar-refractivity contribution in [2.75, 3.05) is 6.54 Å². The van der Waals surface area contributed by atoms with Crippen molar-refractivity contribution in [3.63, 3.8) is 0 Å². The van der Waals surface area contributed by atoms with Crippen LogP contribution in [0.3, 0.4) is 0 Å². The van der Waals surface area contributed by atoms with Crippen molar-refractivity contribution in [1.29, 1.82) is 0 Å². The fraction of sp³-hybridized carbons (Fsp3) is 0.435. The van der Waals surface area contributed by atoms with Crippen molar-refractivity contribution in [2.45, 2.75) is 51.0 Å². The number of nitrogens with zero attached hydrogens (tertiary/aromatic N) is 1. The Balaban J connectivity index is 1.82. The Bertz CT molecular complexity index is 928. The molecule has 0 radical (unpaired) electrons. The fourth-order valence-corrected chi connectivity index (χ4v) is 5.39. The largest absolute Gasteiger partial charge is 0.481 e. The molecule has 6 heteroatoms. The maximum Gasteiger partial charge on any atom is 0.306 e. The third-order valence-electron chi connectivity index (χ3n) is 5.80. The molecule has 1 fully saturated rings. The minimum absolute atomic E-state index is 0.177. The second kappa shape index (κ2) is 9.09. The first-order valence-corrected chi connectivity index (χ1v) is 11.5. The van der Waals surface area contributed by atoms with Crippen LogP contribution in [-0.4, -0.2) is 30.3 Å². The molecule has 2 aromatic rings. The first kappa shape index (κ1) is 21.5. The predicted octanol–water partition coefficient (Wildman–Crippen LogP) is 4.39. The lowest BCUT2D eigenvalue weighted by molar-refractivity contribution is -0.143. The highest BCUT2D eigenvalue weighted by atomic mass is 32.2. The van der Waals surface area contributed by atoms with Crippen molar-refractivity contribution >= 4 is 16.0 Å². The van der Waals surface area contributed by atoms with Crippen LogP contribution in [0.5, 0.6) is 0 Å². The van der Waals surface area contributed by atoms with Gasteiger partial charge in [-0.15, -0.1) is 0 Å². The second-order valence-corrected chi connectivity index (χ2v) is 10.1. The van der Waals surface area contributed by atoms with E-state index in [-0.39, 0.29) is 11.8 Å². The quantitative estimate of drug-likeness (QED) is 0.728. The number of sulfonamides is 1. The van der Waals surface area contributed by atoms with Gasteiger partial charge in [-0.1, -0.05) is 47.5 Å². The molecular formula is C23H29NO4S. The average Bonchev–Trinajstić information content (AvgIpc) is 2.70. The lowest BCUT2D eigenvalue weighted by Crippen LogP contribution is -2.36. The molecule has 0 saturated heterocycles. The van der Waals surface area contributed by atoms with Crippen LogP contribution in [0.4, 0.5) is 0 Å². The van der Waals surface area contributed by atoms with Crippen molar-refractivity contribution in [1.82, 2.24) is 4.31 Å². The Morgan fingerprint density at radius 2 is 1.45 bits per heavy atom. The van der Waals surface area contributed by atoms with Crippen molar-refractivity contribution in [3.8, 4) is 0 Å². The standard InChI is InChI=1S/C23H29NO4S/c1-17-3-7-19(8-4-17)15-24(16-20-9-11-21(12-10-20)23(25)26)29(27,28)22-13-5-18(2)6-14-22/h3-8,13-14,20-21H,9-12,15-16H2,1-2H3,(H,25,26). The number of aryl methyl sites for hydroxylation is 2. The number of aliphatic carboxylic acids is 1. The van der Waals surface area contributed by atoms with E-state index in [1.54, 1.807) is 16.4 Å². The third-order valence-corrected chi connectivity index (χ3v) is 7.62. The van der Waals surface area contributed by atoms with Gasteiger partial charge in [-0.2, -0.15) is 4.31 Å². The first-order chi connectivity index (χ1) is 13.8. The molecule has 0 bridgehead atoms. The van der Waals surface area contributed by atoms with Crippen LogP contribution in [-0.2, 0) is 21.4 Å². The smallest absolute Gasteiger partial charge is 0.306 e. The fourth-order valence-electron chi connectivity index (χ4n) is 3.88. The molecule has 5 nitrogen and oxygen atoms in total. The highest BCUT2D eigenvalue weighted by molar-refractivity contribution is 7.89. The summed E-state index contributed by atoms with van der Waals surface area (Å²) < 4.78 is 28.3. The molecule has 0 aromatic heterocycles. The van der Waals surface area contributed by atoms with Gasteiger partial charge < -0.3 is 5.11 Å². The van der Waals surface area contributed by atoms with E-state index in [4.69, 9.17) is 0 Å². The normalized spacial score (nSPS) is 20.0. The van der Waals surface area contributed by atoms with Gasteiger partial charge in [0.1, 0.15) is 0 Å². The zero-order valence-corrected chi connectivity index (χ0v) is 17.9. The van der Waals surface area contributed by atoms with E-state index in [1.165, 1.54) is 0 Å². The number of hydrogen-bond acceptors (Lipinski definition) is 3. The highest BCUT2D eigenvalue weighted by Crippen LogP contribution is 2.31. The van der Waals surface area contributed by atoms with Crippen LogP contribution >= 0.6 is 0 Å². The Kier molecular flexibility index (Phi) is 6.75. The molecule has 0 aliphatic heterocycles. The number of carbonyl (C=O) groups is 1. The van der Waals surface area contributed by atoms with Crippen LogP contribution in [0.1, 0.15) is 42.4 Å². The van der Waals surface area contributed by atoms with Gasteiger partial charge in [0.2, 0.25) is 10.0 Å². The Labute approximate surface area is 173 Å². The van der Waals surface area contributed by atoms with Gasteiger partial charge in [0.25, 0.3) is 0 Å². The van der Waals surface area contributed by atoms with Crippen molar-refractivity contribution < 1.29 is 18.3 Å². The molecule has 0 spiro atoms. The summed E-state index contributed by atoms with van der Waals surface area (Å²) >= 11 is 0. The number of hydrogen-bond donors (Lipinski definition) is 1.